The first kappa shape index (κ1) is 29.6. The molecule has 2 aromatic heterocycles. The minimum absolute atomic E-state index is 0.0260. The summed E-state index contributed by atoms with van der Waals surface area (Å²) < 4.78 is 9.23. The van der Waals surface area contributed by atoms with E-state index in [0.717, 1.165) is 33.6 Å². The molecule has 0 saturated carbocycles. The molecular formula is C49H33NOS. The maximum Gasteiger partial charge on any atom is 0.144 e. The highest BCUT2D eigenvalue weighted by molar-refractivity contribution is 7.26. The van der Waals surface area contributed by atoms with E-state index in [0.29, 0.717) is 0 Å². The number of hydrogen-bond acceptors (Lipinski definition) is 3. The van der Waals surface area contributed by atoms with Crippen molar-refractivity contribution in [1.82, 2.24) is 0 Å². The van der Waals surface area contributed by atoms with Gasteiger partial charge in [-0.15, -0.1) is 11.3 Å². The normalized spacial score (nSPS) is 13.3. The first-order chi connectivity index (χ1) is 25.5. The van der Waals surface area contributed by atoms with Gasteiger partial charge in [0.15, 0.2) is 0 Å². The fourth-order valence-electron chi connectivity index (χ4n) is 8.66. The van der Waals surface area contributed by atoms with Crippen LogP contribution in [0.1, 0.15) is 25.0 Å². The summed E-state index contributed by atoms with van der Waals surface area (Å²) in [7, 11) is 0. The zero-order valence-electron chi connectivity index (χ0n) is 28.9. The first-order valence-electron chi connectivity index (χ1n) is 17.9. The molecule has 3 heteroatoms. The van der Waals surface area contributed by atoms with Gasteiger partial charge >= 0.3 is 0 Å². The Balaban J connectivity index is 1.01. The molecule has 0 amide bonds. The molecule has 2 heterocycles. The summed E-state index contributed by atoms with van der Waals surface area (Å²) in [5.74, 6) is 0. The minimum Gasteiger partial charge on any atom is -0.455 e. The van der Waals surface area contributed by atoms with Crippen LogP contribution in [0.25, 0.3) is 75.1 Å². The summed E-state index contributed by atoms with van der Waals surface area (Å²) in [6.07, 6.45) is 0. The Morgan fingerprint density at radius 1 is 0.462 bits per heavy atom. The van der Waals surface area contributed by atoms with E-state index in [2.05, 4.69) is 183 Å². The molecule has 0 bridgehead atoms. The molecule has 0 aliphatic heterocycles. The standard InChI is InChI=1S/C49H33NOS/c1-49(2)42-15-9-8-14-37(42)38-23-19-32(28-43(38)49)30-16-20-34(21-17-30)50(33-11-4-3-5-12-33)35-22-25-41-45(29-35)52-44-27-26-40-39-24-18-31-10-6-7-13-36(31)47(39)51-48(40)46(41)44/h3-29H,1-2H3. The molecule has 1 aliphatic rings. The fourth-order valence-corrected chi connectivity index (χ4v) is 9.80. The lowest BCUT2D eigenvalue weighted by molar-refractivity contribution is 0.660. The Morgan fingerprint density at radius 2 is 1.13 bits per heavy atom. The van der Waals surface area contributed by atoms with Crippen molar-refractivity contribution in [2.75, 3.05) is 4.90 Å². The second-order valence-electron chi connectivity index (χ2n) is 14.5. The quantitative estimate of drug-likeness (QED) is 0.184. The molecule has 0 atom stereocenters. The van der Waals surface area contributed by atoms with Gasteiger partial charge in [0.1, 0.15) is 11.2 Å². The van der Waals surface area contributed by atoms with Crippen molar-refractivity contribution in [1.29, 1.82) is 0 Å². The predicted molar refractivity (Wildman–Crippen MR) is 222 cm³/mol. The van der Waals surface area contributed by atoms with E-state index in [-0.39, 0.29) is 5.41 Å². The summed E-state index contributed by atoms with van der Waals surface area (Å²) in [6.45, 7) is 4.69. The van der Waals surface area contributed by atoms with E-state index in [1.165, 1.54) is 69.7 Å². The average Bonchev–Trinajstić information content (AvgIpc) is 3.83. The Hall–Kier alpha value is -6.16. The van der Waals surface area contributed by atoms with Crippen molar-refractivity contribution in [2.24, 2.45) is 0 Å². The van der Waals surface area contributed by atoms with Crippen LogP contribution >= 0.6 is 11.3 Å². The average molecular weight is 684 g/mol. The summed E-state index contributed by atoms with van der Waals surface area (Å²) in [5.41, 5.74) is 13.2. The smallest absolute Gasteiger partial charge is 0.144 e. The zero-order valence-corrected chi connectivity index (χ0v) is 29.7. The number of para-hydroxylation sites is 1. The lowest BCUT2D eigenvalue weighted by atomic mass is 9.81. The lowest BCUT2D eigenvalue weighted by Gasteiger charge is -2.26. The van der Waals surface area contributed by atoms with Gasteiger partial charge in [-0.25, -0.2) is 0 Å². The zero-order chi connectivity index (χ0) is 34.6. The number of nitrogens with zero attached hydrogens (tertiary/aromatic N) is 1. The number of hydrogen-bond donors (Lipinski definition) is 0. The lowest BCUT2D eigenvalue weighted by Crippen LogP contribution is -2.14. The molecule has 2 nitrogen and oxygen atoms in total. The van der Waals surface area contributed by atoms with Crippen molar-refractivity contribution < 1.29 is 4.42 Å². The SMILES string of the molecule is CC1(C)c2ccccc2-c2ccc(-c3ccc(N(c4ccccc4)c4ccc5c(c4)sc4ccc6c7ccc8ccccc8c7oc6c45)cc3)cc21. The van der Waals surface area contributed by atoms with Crippen LogP contribution in [0.5, 0.6) is 0 Å². The molecule has 8 aromatic carbocycles. The molecule has 10 aromatic rings. The largest absolute Gasteiger partial charge is 0.455 e. The Bertz CT molecular complexity index is 3040. The molecule has 0 spiro atoms. The second kappa shape index (κ2) is 10.9. The van der Waals surface area contributed by atoms with Crippen LogP contribution in [-0.2, 0) is 5.41 Å². The van der Waals surface area contributed by atoms with Gasteiger partial charge in [0, 0.05) is 58.8 Å². The highest BCUT2D eigenvalue weighted by atomic mass is 32.1. The van der Waals surface area contributed by atoms with Gasteiger partial charge in [0.25, 0.3) is 0 Å². The third kappa shape index (κ3) is 4.23. The molecule has 0 N–H and O–H groups in total. The minimum atomic E-state index is -0.0260. The maximum atomic E-state index is 6.76. The van der Waals surface area contributed by atoms with E-state index >= 15 is 0 Å². The van der Waals surface area contributed by atoms with E-state index in [9.17, 15) is 0 Å². The molecule has 1 aliphatic carbocycles. The topological polar surface area (TPSA) is 16.4 Å². The Morgan fingerprint density at radius 3 is 2.02 bits per heavy atom. The monoisotopic (exact) mass is 683 g/mol. The van der Waals surface area contributed by atoms with Crippen molar-refractivity contribution in [3.63, 3.8) is 0 Å². The van der Waals surface area contributed by atoms with Gasteiger partial charge in [0.2, 0.25) is 0 Å². The fraction of sp³-hybridized carbons (Fsp3) is 0.0612. The highest BCUT2D eigenvalue weighted by Crippen LogP contribution is 2.50. The van der Waals surface area contributed by atoms with Crippen molar-refractivity contribution >= 4 is 81.3 Å². The van der Waals surface area contributed by atoms with Crippen LogP contribution in [0.15, 0.2) is 168 Å². The maximum absolute atomic E-state index is 6.76. The number of thiophene rings is 1. The van der Waals surface area contributed by atoms with Crippen molar-refractivity contribution in [3.8, 4) is 22.3 Å². The van der Waals surface area contributed by atoms with Crippen molar-refractivity contribution in [2.45, 2.75) is 19.3 Å². The molecule has 52 heavy (non-hydrogen) atoms. The number of benzene rings is 8. The number of anilines is 3. The molecule has 0 saturated heterocycles. The molecule has 11 rings (SSSR count). The first-order valence-corrected chi connectivity index (χ1v) is 18.7. The Kier molecular flexibility index (Phi) is 6.21. The number of rotatable bonds is 4. The molecule has 0 radical (unpaired) electrons. The molecular weight excluding hydrogens is 651 g/mol. The summed E-state index contributed by atoms with van der Waals surface area (Å²) >= 11 is 1.83. The van der Waals surface area contributed by atoms with Gasteiger partial charge in [-0.05, 0) is 99.4 Å². The van der Waals surface area contributed by atoms with Crippen LogP contribution in [-0.4, -0.2) is 0 Å². The van der Waals surface area contributed by atoms with E-state index < -0.39 is 0 Å². The van der Waals surface area contributed by atoms with E-state index in [1.54, 1.807) is 0 Å². The number of fused-ring (bicyclic) bond motifs is 12. The van der Waals surface area contributed by atoms with Gasteiger partial charge in [-0.1, -0.05) is 117 Å². The van der Waals surface area contributed by atoms with Gasteiger partial charge in [-0.2, -0.15) is 0 Å². The molecule has 0 unspecified atom stereocenters. The number of furan rings is 1. The predicted octanol–water partition coefficient (Wildman–Crippen LogP) is 14.6. The van der Waals surface area contributed by atoms with Gasteiger partial charge in [-0.3, -0.25) is 0 Å². The summed E-state index contributed by atoms with van der Waals surface area (Å²) in [5, 5.41) is 7.10. The van der Waals surface area contributed by atoms with E-state index in [1.807, 2.05) is 11.3 Å². The van der Waals surface area contributed by atoms with E-state index in [4.69, 9.17) is 4.42 Å². The van der Waals surface area contributed by atoms with Gasteiger partial charge in [0.05, 0.1) is 0 Å². The van der Waals surface area contributed by atoms with Gasteiger partial charge < -0.3 is 9.32 Å². The third-order valence-electron chi connectivity index (χ3n) is 11.3. The third-order valence-corrected chi connectivity index (χ3v) is 12.4. The molecule has 246 valence electrons. The van der Waals surface area contributed by atoms with Crippen LogP contribution in [0.2, 0.25) is 0 Å². The summed E-state index contributed by atoms with van der Waals surface area (Å²) in [4.78, 5) is 2.36. The van der Waals surface area contributed by atoms with Crippen molar-refractivity contribution in [3.05, 3.63) is 175 Å². The summed E-state index contributed by atoms with van der Waals surface area (Å²) in [6, 6.07) is 59.8. The second-order valence-corrected chi connectivity index (χ2v) is 15.6. The van der Waals surface area contributed by atoms with Crippen LogP contribution in [0, 0.1) is 0 Å². The highest BCUT2D eigenvalue weighted by Gasteiger charge is 2.35. The molecule has 0 fully saturated rings. The van der Waals surface area contributed by atoms with Crippen LogP contribution < -0.4 is 4.90 Å². The van der Waals surface area contributed by atoms with Crippen LogP contribution in [0.3, 0.4) is 0 Å². The Labute approximate surface area is 305 Å². The van der Waals surface area contributed by atoms with Crippen LogP contribution in [0.4, 0.5) is 17.1 Å².